The average molecular weight is 161 g/mol. The maximum Gasteiger partial charge on any atom is 0.235 e. The minimum Gasteiger partial charge on any atom is -0.239 e. The van der Waals surface area contributed by atoms with Gasteiger partial charge in [0.05, 0.1) is 0 Å². The Hall–Kier alpha value is -1.54. The topological polar surface area (TPSA) is 55.2 Å². The summed E-state index contributed by atoms with van der Waals surface area (Å²) in [4.78, 5) is 21.9. The van der Waals surface area contributed by atoms with E-state index in [2.05, 4.69) is 15.0 Å². The molecule has 0 aromatic carbocycles. The molecule has 1 fully saturated rings. The molecule has 0 N–H and O–H groups in total. The summed E-state index contributed by atoms with van der Waals surface area (Å²) in [6, 6.07) is 1.74. The molecule has 1 saturated carbocycles. The van der Waals surface area contributed by atoms with Crippen molar-refractivity contribution in [2.45, 2.75) is 18.4 Å². The van der Waals surface area contributed by atoms with Crippen LogP contribution in [-0.4, -0.2) is 16.0 Å². The molecule has 4 heteroatoms. The zero-order valence-electron chi connectivity index (χ0n) is 6.40. The summed E-state index contributed by atoms with van der Waals surface area (Å²) in [5.41, 5.74) is -0.428. The van der Waals surface area contributed by atoms with Gasteiger partial charge in [-0.2, -0.15) is 4.99 Å². The molecule has 0 saturated heterocycles. The molecule has 0 spiro atoms. The Balaban J connectivity index is 2.37. The van der Waals surface area contributed by atoms with Gasteiger partial charge in [0.25, 0.3) is 0 Å². The van der Waals surface area contributed by atoms with Gasteiger partial charge < -0.3 is 0 Å². The predicted molar refractivity (Wildman–Crippen MR) is 41.1 cm³/mol. The number of hydrogen-bond acceptors (Lipinski definition) is 4. The Bertz CT molecular complexity index is 325. The third kappa shape index (κ3) is 1.02. The molecule has 12 heavy (non-hydrogen) atoms. The molecular formula is C8H7N3O. The van der Waals surface area contributed by atoms with Crippen LogP contribution < -0.4 is 0 Å². The molecule has 4 nitrogen and oxygen atoms in total. The lowest BCUT2D eigenvalue weighted by molar-refractivity contribution is 0.553. The molecule has 0 unspecified atom stereocenters. The summed E-state index contributed by atoms with van der Waals surface area (Å²) in [6.45, 7) is 0. The smallest absolute Gasteiger partial charge is 0.235 e. The second-order valence-electron chi connectivity index (χ2n) is 2.81. The van der Waals surface area contributed by atoms with Crippen molar-refractivity contribution in [3.63, 3.8) is 0 Å². The Labute approximate surface area is 69.4 Å². The third-order valence-corrected chi connectivity index (χ3v) is 1.97. The number of hydrogen-bond donors (Lipinski definition) is 0. The summed E-state index contributed by atoms with van der Waals surface area (Å²) < 4.78 is 0. The summed E-state index contributed by atoms with van der Waals surface area (Å²) in [7, 11) is 0. The van der Waals surface area contributed by atoms with Crippen LogP contribution in [-0.2, 0) is 10.3 Å². The van der Waals surface area contributed by atoms with Gasteiger partial charge in [0.15, 0.2) is 5.82 Å². The largest absolute Gasteiger partial charge is 0.239 e. The van der Waals surface area contributed by atoms with Gasteiger partial charge in [0, 0.05) is 12.4 Å². The number of rotatable bonds is 2. The van der Waals surface area contributed by atoms with E-state index in [-0.39, 0.29) is 0 Å². The summed E-state index contributed by atoms with van der Waals surface area (Å²) in [5.74, 6) is 0.633. The van der Waals surface area contributed by atoms with Gasteiger partial charge in [-0.05, 0) is 18.9 Å². The van der Waals surface area contributed by atoms with Crippen molar-refractivity contribution in [1.82, 2.24) is 9.97 Å². The Morgan fingerprint density at radius 3 is 2.58 bits per heavy atom. The Kier molecular flexibility index (Phi) is 1.48. The van der Waals surface area contributed by atoms with Crippen LogP contribution in [0.2, 0.25) is 0 Å². The van der Waals surface area contributed by atoms with Gasteiger partial charge in [0.2, 0.25) is 6.08 Å². The Morgan fingerprint density at radius 2 is 2.08 bits per heavy atom. The van der Waals surface area contributed by atoms with E-state index in [1.165, 1.54) is 0 Å². The van der Waals surface area contributed by atoms with Gasteiger partial charge in [0.1, 0.15) is 5.54 Å². The van der Waals surface area contributed by atoms with Gasteiger partial charge in [-0.1, -0.05) is 0 Å². The lowest BCUT2D eigenvalue weighted by Gasteiger charge is -2.02. The maximum atomic E-state index is 10.1. The molecule has 1 aromatic heterocycles. The molecule has 1 aliphatic carbocycles. The molecule has 0 amide bonds. The zero-order chi connectivity index (χ0) is 8.44. The normalized spacial score (nSPS) is 18.0. The molecule has 0 atom stereocenters. The standard InChI is InChI=1S/C8H7N3O/c12-6-11-8(2-3-8)7-9-4-1-5-10-7/h1,4-5H,2-3H2. The van der Waals surface area contributed by atoms with Crippen LogP contribution in [0.25, 0.3) is 0 Å². The fourth-order valence-corrected chi connectivity index (χ4v) is 1.13. The van der Waals surface area contributed by atoms with Crippen LogP contribution in [0.1, 0.15) is 18.7 Å². The number of carbonyl (C=O) groups excluding carboxylic acids is 1. The highest BCUT2D eigenvalue weighted by molar-refractivity contribution is 5.38. The molecule has 1 heterocycles. The summed E-state index contributed by atoms with van der Waals surface area (Å²) in [6.07, 6.45) is 6.58. The van der Waals surface area contributed by atoms with Crippen molar-refractivity contribution in [1.29, 1.82) is 0 Å². The quantitative estimate of drug-likeness (QED) is 0.476. The van der Waals surface area contributed by atoms with Crippen LogP contribution in [0.5, 0.6) is 0 Å². The maximum absolute atomic E-state index is 10.1. The van der Waals surface area contributed by atoms with Crippen molar-refractivity contribution in [3.05, 3.63) is 24.3 Å². The van der Waals surface area contributed by atoms with Crippen LogP contribution in [0.4, 0.5) is 0 Å². The molecule has 0 aliphatic heterocycles. The van der Waals surface area contributed by atoms with Crippen molar-refractivity contribution in [2.75, 3.05) is 0 Å². The van der Waals surface area contributed by atoms with E-state index in [0.29, 0.717) is 5.82 Å². The predicted octanol–water partition coefficient (Wildman–Crippen LogP) is 0.801. The second kappa shape index (κ2) is 2.50. The molecular weight excluding hydrogens is 154 g/mol. The van der Waals surface area contributed by atoms with Crippen molar-refractivity contribution in [3.8, 4) is 0 Å². The van der Waals surface area contributed by atoms with E-state index in [9.17, 15) is 4.79 Å². The molecule has 60 valence electrons. The summed E-state index contributed by atoms with van der Waals surface area (Å²) >= 11 is 0. The molecule has 0 radical (unpaired) electrons. The van der Waals surface area contributed by atoms with Crippen LogP contribution in [0.3, 0.4) is 0 Å². The van der Waals surface area contributed by atoms with Crippen molar-refractivity contribution in [2.24, 2.45) is 4.99 Å². The first-order chi connectivity index (χ1) is 5.87. The lowest BCUT2D eigenvalue weighted by Crippen LogP contribution is -2.07. The monoisotopic (exact) mass is 161 g/mol. The molecule has 2 rings (SSSR count). The van der Waals surface area contributed by atoms with Crippen LogP contribution in [0, 0.1) is 0 Å². The average Bonchev–Trinajstić information content (AvgIpc) is 2.88. The third-order valence-electron chi connectivity index (χ3n) is 1.97. The van der Waals surface area contributed by atoms with Crippen molar-refractivity contribution >= 4 is 6.08 Å². The number of nitrogens with zero attached hydrogens (tertiary/aromatic N) is 3. The highest BCUT2D eigenvalue weighted by Crippen LogP contribution is 2.47. The lowest BCUT2D eigenvalue weighted by atomic mass is 10.2. The van der Waals surface area contributed by atoms with Gasteiger partial charge in [-0.15, -0.1) is 0 Å². The van der Waals surface area contributed by atoms with E-state index < -0.39 is 5.54 Å². The van der Waals surface area contributed by atoms with Crippen LogP contribution >= 0.6 is 0 Å². The second-order valence-corrected chi connectivity index (χ2v) is 2.81. The number of isocyanates is 1. The van der Waals surface area contributed by atoms with Gasteiger partial charge in [-0.3, -0.25) is 0 Å². The number of aliphatic imine (C=N–C) groups is 1. The zero-order valence-corrected chi connectivity index (χ0v) is 6.40. The minimum atomic E-state index is -0.428. The van der Waals surface area contributed by atoms with E-state index >= 15 is 0 Å². The SMILES string of the molecule is O=C=NC1(c2ncccn2)CC1. The number of aromatic nitrogens is 2. The fraction of sp³-hybridized carbons (Fsp3) is 0.375. The van der Waals surface area contributed by atoms with E-state index in [1.807, 2.05) is 0 Å². The van der Waals surface area contributed by atoms with E-state index in [0.717, 1.165) is 12.8 Å². The highest BCUT2D eigenvalue weighted by atomic mass is 16.1. The molecule has 0 bridgehead atoms. The fourth-order valence-electron chi connectivity index (χ4n) is 1.13. The van der Waals surface area contributed by atoms with Crippen LogP contribution in [0.15, 0.2) is 23.5 Å². The molecule has 1 aliphatic rings. The van der Waals surface area contributed by atoms with E-state index in [1.54, 1.807) is 24.5 Å². The minimum absolute atomic E-state index is 0.428. The first-order valence-corrected chi connectivity index (χ1v) is 3.74. The van der Waals surface area contributed by atoms with Gasteiger partial charge in [-0.25, -0.2) is 14.8 Å². The summed E-state index contributed by atoms with van der Waals surface area (Å²) in [5, 5.41) is 0. The highest BCUT2D eigenvalue weighted by Gasteiger charge is 2.47. The molecule has 1 aromatic rings. The van der Waals surface area contributed by atoms with Crippen molar-refractivity contribution < 1.29 is 4.79 Å². The van der Waals surface area contributed by atoms with Gasteiger partial charge >= 0.3 is 0 Å². The first kappa shape index (κ1) is 7.13. The first-order valence-electron chi connectivity index (χ1n) is 3.74. The Morgan fingerprint density at radius 1 is 1.42 bits per heavy atom. The van der Waals surface area contributed by atoms with E-state index in [4.69, 9.17) is 0 Å².